The van der Waals surface area contributed by atoms with Crippen molar-refractivity contribution in [3.8, 4) is 0 Å². The van der Waals surface area contributed by atoms with Gasteiger partial charge in [-0.2, -0.15) is 0 Å². The standard InChI is InChI=1S/C13H22N2O3/c1-10(16)14-6-3-11(4-7-14)15-8-5-13(2,9-15)12(17)18/h11H,3-9H2,1-2H3,(H,17,18). The van der Waals surface area contributed by atoms with E-state index in [1.54, 1.807) is 6.92 Å². The highest BCUT2D eigenvalue weighted by Crippen LogP contribution is 2.33. The number of carbonyl (C=O) groups is 2. The van der Waals surface area contributed by atoms with E-state index in [0.29, 0.717) is 12.6 Å². The summed E-state index contributed by atoms with van der Waals surface area (Å²) in [5.41, 5.74) is -0.586. The van der Waals surface area contributed by atoms with Crippen molar-refractivity contribution in [1.29, 1.82) is 0 Å². The van der Waals surface area contributed by atoms with Gasteiger partial charge < -0.3 is 10.0 Å². The Hall–Kier alpha value is -1.10. The second-order valence-electron chi connectivity index (χ2n) is 5.82. The summed E-state index contributed by atoms with van der Waals surface area (Å²) in [6.07, 6.45) is 2.67. The average Bonchev–Trinajstić information content (AvgIpc) is 2.73. The predicted molar refractivity (Wildman–Crippen MR) is 67.2 cm³/mol. The van der Waals surface area contributed by atoms with Gasteiger partial charge in [0.1, 0.15) is 0 Å². The molecule has 0 aliphatic carbocycles. The number of likely N-dealkylation sites (tertiary alicyclic amines) is 2. The zero-order valence-electron chi connectivity index (χ0n) is 11.2. The fourth-order valence-corrected chi connectivity index (χ4v) is 3.03. The molecule has 0 aromatic carbocycles. The molecule has 0 aromatic heterocycles. The van der Waals surface area contributed by atoms with Gasteiger partial charge in [0, 0.05) is 32.6 Å². The van der Waals surface area contributed by atoms with E-state index in [0.717, 1.165) is 38.9 Å². The molecule has 2 fully saturated rings. The Morgan fingerprint density at radius 3 is 2.28 bits per heavy atom. The largest absolute Gasteiger partial charge is 0.481 e. The Morgan fingerprint density at radius 1 is 1.22 bits per heavy atom. The molecule has 0 aromatic rings. The maximum atomic E-state index is 11.3. The van der Waals surface area contributed by atoms with Crippen molar-refractivity contribution in [3.05, 3.63) is 0 Å². The van der Waals surface area contributed by atoms with E-state index >= 15 is 0 Å². The zero-order chi connectivity index (χ0) is 13.3. The maximum absolute atomic E-state index is 11.3. The summed E-state index contributed by atoms with van der Waals surface area (Å²) in [6.45, 7) is 6.57. The van der Waals surface area contributed by atoms with Crippen LogP contribution in [0.1, 0.15) is 33.1 Å². The van der Waals surface area contributed by atoms with Gasteiger partial charge in [-0.1, -0.05) is 0 Å². The third-order valence-corrected chi connectivity index (χ3v) is 4.45. The third-order valence-electron chi connectivity index (χ3n) is 4.45. The number of carbonyl (C=O) groups excluding carboxylic acids is 1. The van der Waals surface area contributed by atoms with E-state index in [1.807, 2.05) is 11.8 Å². The highest BCUT2D eigenvalue weighted by molar-refractivity contribution is 5.75. The Bertz CT molecular complexity index is 350. The molecule has 5 nitrogen and oxygen atoms in total. The molecule has 1 atom stereocenters. The number of piperidine rings is 1. The van der Waals surface area contributed by atoms with Crippen molar-refractivity contribution >= 4 is 11.9 Å². The molecule has 1 N–H and O–H groups in total. The molecule has 2 heterocycles. The van der Waals surface area contributed by atoms with E-state index in [1.165, 1.54) is 0 Å². The summed E-state index contributed by atoms with van der Waals surface area (Å²) in [7, 11) is 0. The number of nitrogens with zero attached hydrogens (tertiary/aromatic N) is 2. The summed E-state index contributed by atoms with van der Waals surface area (Å²) >= 11 is 0. The van der Waals surface area contributed by atoms with Gasteiger partial charge in [-0.25, -0.2) is 0 Å². The lowest BCUT2D eigenvalue weighted by Gasteiger charge is -2.36. The van der Waals surface area contributed by atoms with Crippen molar-refractivity contribution in [2.75, 3.05) is 26.2 Å². The molecule has 0 radical (unpaired) electrons. The van der Waals surface area contributed by atoms with E-state index in [9.17, 15) is 14.7 Å². The van der Waals surface area contributed by atoms with Crippen LogP contribution < -0.4 is 0 Å². The molecule has 0 spiro atoms. The van der Waals surface area contributed by atoms with E-state index in [-0.39, 0.29) is 5.91 Å². The van der Waals surface area contributed by atoms with Crippen LogP contribution in [0.2, 0.25) is 0 Å². The van der Waals surface area contributed by atoms with Gasteiger partial charge in [0.15, 0.2) is 0 Å². The predicted octanol–water partition coefficient (Wildman–Crippen LogP) is 0.794. The van der Waals surface area contributed by atoms with E-state index in [4.69, 9.17) is 0 Å². The van der Waals surface area contributed by atoms with Crippen molar-refractivity contribution < 1.29 is 14.7 Å². The normalized spacial score (nSPS) is 30.7. The van der Waals surface area contributed by atoms with Crippen LogP contribution in [0.4, 0.5) is 0 Å². The van der Waals surface area contributed by atoms with Gasteiger partial charge in [-0.15, -0.1) is 0 Å². The Balaban J connectivity index is 1.88. The van der Waals surface area contributed by atoms with E-state index < -0.39 is 11.4 Å². The lowest BCUT2D eigenvalue weighted by Crippen LogP contribution is -2.46. The lowest BCUT2D eigenvalue weighted by molar-refractivity contribution is -0.147. The van der Waals surface area contributed by atoms with Gasteiger partial charge in [0.05, 0.1) is 5.41 Å². The summed E-state index contributed by atoms with van der Waals surface area (Å²) in [6, 6.07) is 0.446. The first-order valence-electron chi connectivity index (χ1n) is 6.65. The summed E-state index contributed by atoms with van der Waals surface area (Å²) < 4.78 is 0. The Labute approximate surface area is 108 Å². The number of rotatable bonds is 2. The van der Waals surface area contributed by atoms with Crippen molar-refractivity contribution in [2.24, 2.45) is 5.41 Å². The molecule has 0 bridgehead atoms. The van der Waals surface area contributed by atoms with Gasteiger partial charge in [0.25, 0.3) is 0 Å². The first-order valence-corrected chi connectivity index (χ1v) is 6.65. The van der Waals surface area contributed by atoms with Crippen molar-refractivity contribution in [3.63, 3.8) is 0 Å². The van der Waals surface area contributed by atoms with Crippen LogP contribution in [0.25, 0.3) is 0 Å². The van der Waals surface area contributed by atoms with Crippen molar-refractivity contribution in [2.45, 2.75) is 39.2 Å². The SMILES string of the molecule is CC(=O)N1CCC(N2CCC(C)(C(=O)O)C2)CC1. The summed E-state index contributed by atoms with van der Waals surface area (Å²) in [5.74, 6) is -0.545. The fourth-order valence-electron chi connectivity index (χ4n) is 3.03. The number of amides is 1. The monoisotopic (exact) mass is 254 g/mol. The molecular weight excluding hydrogens is 232 g/mol. The third kappa shape index (κ3) is 2.51. The Kier molecular flexibility index (Phi) is 3.61. The maximum Gasteiger partial charge on any atom is 0.310 e. The molecule has 2 aliphatic heterocycles. The second-order valence-corrected chi connectivity index (χ2v) is 5.82. The van der Waals surface area contributed by atoms with Gasteiger partial charge in [-0.05, 0) is 32.7 Å². The first-order chi connectivity index (χ1) is 8.42. The minimum atomic E-state index is -0.689. The highest BCUT2D eigenvalue weighted by atomic mass is 16.4. The molecule has 0 saturated carbocycles. The number of hydrogen-bond donors (Lipinski definition) is 1. The molecule has 1 unspecified atom stereocenters. The number of carboxylic acids is 1. The minimum Gasteiger partial charge on any atom is -0.481 e. The quantitative estimate of drug-likeness (QED) is 0.791. The van der Waals surface area contributed by atoms with Crippen molar-refractivity contribution in [1.82, 2.24) is 9.80 Å². The van der Waals surface area contributed by atoms with Gasteiger partial charge in [0.2, 0.25) is 5.91 Å². The number of hydrogen-bond acceptors (Lipinski definition) is 3. The van der Waals surface area contributed by atoms with Crippen LogP contribution >= 0.6 is 0 Å². The lowest BCUT2D eigenvalue weighted by atomic mass is 9.90. The topological polar surface area (TPSA) is 60.9 Å². The molecule has 2 saturated heterocycles. The number of aliphatic carboxylic acids is 1. The molecule has 102 valence electrons. The van der Waals surface area contributed by atoms with Crippen LogP contribution in [-0.2, 0) is 9.59 Å². The molecule has 1 amide bonds. The molecule has 2 rings (SSSR count). The smallest absolute Gasteiger partial charge is 0.310 e. The van der Waals surface area contributed by atoms with Crippen LogP contribution in [-0.4, -0.2) is 59.0 Å². The fraction of sp³-hybridized carbons (Fsp3) is 0.846. The van der Waals surface area contributed by atoms with Crippen LogP contribution in [0.3, 0.4) is 0 Å². The van der Waals surface area contributed by atoms with E-state index in [2.05, 4.69) is 4.90 Å². The highest BCUT2D eigenvalue weighted by Gasteiger charge is 2.42. The van der Waals surface area contributed by atoms with Crippen LogP contribution in [0.15, 0.2) is 0 Å². The zero-order valence-corrected chi connectivity index (χ0v) is 11.2. The summed E-state index contributed by atoms with van der Waals surface area (Å²) in [5, 5.41) is 9.22. The minimum absolute atomic E-state index is 0.144. The van der Waals surface area contributed by atoms with Crippen LogP contribution in [0, 0.1) is 5.41 Å². The average molecular weight is 254 g/mol. The Morgan fingerprint density at radius 2 is 1.83 bits per heavy atom. The molecular formula is C13H22N2O3. The number of carboxylic acid groups (broad SMARTS) is 1. The first kappa shape index (κ1) is 13.3. The molecule has 2 aliphatic rings. The summed E-state index contributed by atoms with van der Waals surface area (Å²) in [4.78, 5) is 26.6. The van der Waals surface area contributed by atoms with Gasteiger partial charge in [-0.3, -0.25) is 14.5 Å². The second kappa shape index (κ2) is 4.88. The molecule has 18 heavy (non-hydrogen) atoms. The molecule has 5 heteroatoms. The van der Waals surface area contributed by atoms with Crippen LogP contribution in [0.5, 0.6) is 0 Å². The van der Waals surface area contributed by atoms with Gasteiger partial charge >= 0.3 is 5.97 Å².